The Hall–Kier alpha value is -1.59. The number of amides is 1. The van der Waals surface area contributed by atoms with Crippen molar-refractivity contribution in [1.82, 2.24) is 10.2 Å². The van der Waals surface area contributed by atoms with Crippen LogP contribution in [0.3, 0.4) is 0 Å². The van der Waals surface area contributed by atoms with Crippen LogP contribution in [-0.2, 0) is 9.53 Å². The van der Waals surface area contributed by atoms with Crippen molar-refractivity contribution in [3.8, 4) is 5.75 Å². The lowest BCUT2D eigenvalue weighted by molar-refractivity contribution is -0.122. The molecule has 2 atom stereocenters. The molecular weight excluding hydrogens is 280 g/mol. The van der Waals surface area contributed by atoms with Gasteiger partial charge in [-0.05, 0) is 26.0 Å². The highest BCUT2D eigenvalue weighted by Crippen LogP contribution is 2.09. The number of hydrogen-bond donors (Lipinski definition) is 1. The lowest BCUT2D eigenvalue weighted by atomic mass is 10.1. The molecular formula is C17H26N2O3. The number of ether oxygens (including phenoxy) is 2. The number of nitrogens with zero attached hydrogens (tertiary/aromatic N) is 1. The summed E-state index contributed by atoms with van der Waals surface area (Å²) in [5.74, 6) is 0.827. The third-order valence-corrected chi connectivity index (χ3v) is 4.07. The second-order valence-electron chi connectivity index (χ2n) is 5.66. The number of carbonyl (C=O) groups excluding carboxylic acids is 1. The Bertz CT molecular complexity index is 446. The molecule has 1 aromatic carbocycles. The van der Waals surface area contributed by atoms with Gasteiger partial charge in [0.1, 0.15) is 5.75 Å². The highest BCUT2D eigenvalue weighted by Gasteiger charge is 2.23. The molecule has 0 aromatic heterocycles. The molecule has 1 aliphatic heterocycles. The molecule has 1 heterocycles. The highest BCUT2D eigenvalue weighted by atomic mass is 16.5. The Morgan fingerprint density at radius 3 is 2.64 bits per heavy atom. The molecule has 1 amide bonds. The van der Waals surface area contributed by atoms with Gasteiger partial charge in [-0.1, -0.05) is 18.2 Å². The normalized spacial score (nSPS) is 18.5. The molecule has 5 heteroatoms. The van der Waals surface area contributed by atoms with Crippen LogP contribution >= 0.6 is 0 Å². The maximum Gasteiger partial charge on any atom is 0.223 e. The molecule has 0 radical (unpaired) electrons. The minimum atomic E-state index is 0.0311. The van der Waals surface area contributed by atoms with Crippen LogP contribution in [0, 0.1) is 0 Å². The number of morpholine rings is 1. The summed E-state index contributed by atoms with van der Waals surface area (Å²) in [6, 6.07) is 9.98. The second-order valence-corrected chi connectivity index (χ2v) is 5.66. The van der Waals surface area contributed by atoms with E-state index in [1.54, 1.807) is 0 Å². The quantitative estimate of drug-likeness (QED) is 0.833. The lowest BCUT2D eigenvalue weighted by Gasteiger charge is -2.35. The number of nitrogens with one attached hydrogen (secondary N) is 1. The summed E-state index contributed by atoms with van der Waals surface area (Å²) >= 11 is 0. The van der Waals surface area contributed by atoms with E-state index < -0.39 is 0 Å². The standard InChI is InChI=1S/C17H26N2O3/c1-14(15(2)19-9-12-21-13-10-19)18-17(20)8-11-22-16-6-4-3-5-7-16/h3-7,14-15H,8-13H2,1-2H3,(H,18,20). The van der Waals surface area contributed by atoms with Crippen LogP contribution in [-0.4, -0.2) is 55.8 Å². The van der Waals surface area contributed by atoms with Crippen LogP contribution in [0.2, 0.25) is 0 Å². The van der Waals surface area contributed by atoms with E-state index in [0.717, 1.165) is 32.1 Å². The highest BCUT2D eigenvalue weighted by molar-refractivity contribution is 5.76. The SMILES string of the molecule is CC(NC(=O)CCOc1ccccc1)C(C)N1CCOCC1. The van der Waals surface area contributed by atoms with E-state index in [9.17, 15) is 4.79 Å². The summed E-state index contributed by atoms with van der Waals surface area (Å²) in [5.41, 5.74) is 0. The summed E-state index contributed by atoms with van der Waals surface area (Å²) in [6.07, 6.45) is 0.370. The van der Waals surface area contributed by atoms with Gasteiger partial charge in [-0.25, -0.2) is 0 Å². The van der Waals surface area contributed by atoms with Gasteiger partial charge in [-0.2, -0.15) is 0 Å². The molecule has 0 bridgehead atoms. The van der Waals surface area contributed by atoms with E-state index in [2.05, 4.69) is 24.1 Å². The molecule has 1 N–H and O–H groups in total. The fourth-order valence-corrected chi connectivity index (χ4v) is 2.53. The average Bonchev–Trinajstić information content (AvgIpc) is 2.56. The summed E-state index contributed by atoms with van der Waals surface area (Å²) in [6.45, 7) is 8.00. The van der Waals surface area contributed by atoms with Crippen molar-refractivity contribution in [1.29, 1.82) is 0 Å². The van der Waals surface area contributed by atoms with E-state index in [0.29, 0.717) is 19.1 Å². The predicted molar refractivity (Wildman–Crippen MR) is 86.0 cm³/mol. The molecule has 1 aromatic rings. The zero-order valence-corrected chi connectivity index (χ0v) is 13.5. The zero-order valence-electron chi connectivity index (χ0n) is 13.5. The van der Waals surface area contributed by atoms with Gasteiger partial charge in [0, 0.05) is 25.2 Å². The second kappa shape index (κ2) is 8.76. The van der Waals surface area contributed by atoms with Crippen molar-refractivity contribution in [3.05, 3.63) is 30.3 Å². The third kappa shape index (κ3) is 5.31. The minimum absolute atomic E-state index is 0.0311. The molecule has 1 saturated heterocycles. The van der Waals surface area contributed by atoms with Crippen molar-refractivity contribution in [2.45, 2.75) is 32.4 Å². The molecule has 0 saturated carbocycles. The number of hydrogen-bond acceptors (Lipinski definition) is 4. The van der Waals surface area contributed by atoms with Gasteiger partial charge in [0.05, 0.1) is 26.2 Å². The van der Waals surface area contributed by atoms with Crippen LogP contribution < -0.4 is 10.1 Å². The number of benzene rings is 1. The molecule has 1 fully saturated rings. The monoisotopic (exact) mass is 306 g/mol. The summed E-state index contributed by atoms with van der Waals surface area (Å²) in [7, 11) is 0. The molecule has 2 rings (SSSR count). The van der Waals surface area contributed by atoms with E-state index in [4.69, 9.17) is 9.47 Å². The third-order valence-electron chi connectivity index (χ3n) is 4.07. The fraction of sp³-hybridized carbons (Fsp3) is 0.588. The van der Waals surface area contributed by atoms with Gasteiger partial charge in [-0.15, -0.1) is 0 Å². The van der Waals surface area contributed by atoms with Crippen molar-refractivity contribution < 1.29 is 14.3 Å². The smallest absolute Gasteiger partial charge is 0.223 e. The van der Waals surface area contributed by atoms with Gasteiger partial charge >= 0.3 is 0 Å². The lowest BCUT2D eigenvalue weighted by Crippen LogP contribution is -2.52. The Morgan fingerprint density at radius 2 is 1.95 bits per heavy atom. The van der Waals surface area contributed by atoms with Crippen LogP contribution in [0.15, 0.2) is 30.3 Å². The first-order chi connectivity index (χ1) is 10.7. The van der Waals surface area contributed by atoms with Crippen LogP contribution in [0.4, 0.5) is 0 Å². The van der Waals surface area contributed by atoms with Gasteiger partial charge < -0.3 is 14.8 Å². The summed E-state index contributed by atoms with van der Waals surface area (Å²) in [4.78, 5) is 14.4. The van der Waals surface area contributed by atoms with Crippen molar-refractivity contribution in [3.63, 3.8) is 0 Å². The molecule has 22 heavy (non-hydrogen) atoms. The van der Waals surface area contributed by atoms with Crippen molar-refractivity contribution >= 4 is 5.91 Å². The van der Waals surface area contributed by atoms with Crippen LogP contribution in [0.25, 0.3) is 0 Å². The Balaban J connectivity index is 1.67. The first-order valence-electron chi connectivity index (χ1n) is 7.96. The Morgan fingerprint density at radius 1 is 1.27 bits per heavy atom. The van der Waals surface area contributed by atoms with Gasteiger partial charge in [0.25, 0.3) is 0 Å². The van der Waals surface area contributed by atoms with E-state index >= 15 is 0 Å². The molecule has 1 aliphatic rings. The minimum Gasteiger partial charge on any atom is -0.493 e. The topological polar surface area (TPSA) is 50.8 Å². The van der Waals surface area contributed by atoms with E-state index in [1.807, 2.05) is 30.3 Å². The Kier molecular flexibility index (Phi) is 6.68. The predicted octanol–water partition coefficient (Wildman–Crippen LogP) is 1.68. The van der Waals surface area contributed by atoms with Crippen LogP contribution in [0.5, 0.6) is 5.75 Å². The Labute approximate surface area is 132 Å². The van der Waals surface area contributed by atoms with Gasteiger partial charge in [0.2, 0.25) is 5.91 Å². The molecule has 2 unspecified atom stereocenters. The van der Waals surface area contributed by atoms with E-state index in [-0.39, 0.29) is 11.9 Å². The maximum absolute atomic E-state index is 12.0. The first kappa shape index (κ1) is 16.8. The first-order valence-corrected chi connectivity index (χ1v) is 7.96. The van der Waals surface area contributed by atoms with Crippen LogP contribution in [0.1, 0.15) is 20.3 Å². The largest absolute Gasteiger partial charge is 0.493 e. The molecule has 5 nitrogen and oxygen atoms in total. The summed E-state index contributed by atoms with van der Waals surface area (Å²) < 4.78 is 10.9. The maximum atomic E-state index is 12.0. The average molecular weight is 306 g/mol. The number of carbonyl (C=O) groups is 1. The van der Waals surface area contributed by atoms with Gasteiger partial charge in [0.15, 0.2) is 0 Å². The molecule has 122 valence electrons. The zero-order chi connectivity index (χ0) is 15.8. The van der Waals surface area contributed by atoms with Crippen molar-refractivity contribution in [2.75, 3.05) is 32.9 Å². The molecule has 0 spiro atoms. The van der Waals surface area contributed by atoms with Crippen molar-refractivity contribution in [2.24, 2.45) is 0 Å². The summed E-state index contributed by atoms with van der Waals surface area (Å²) in [5, 5.41) is 3.06. The van der Waals surface area contributed by atoms with E-state index in [1.165, 1.54) is 0 Å². The number of para-hydroxylation sites is 1. The molecule has 0 aliphatic carbocycles. The fourth-order valence-electron chi connectivity index (χ4n) is 2.53. The number of rotatable bonds is 7. The van der Waals surface area contributed by atoms with Gasteiger partial charge in [-0.3, -0.25) is 9.69 Å².